The molecule has 1 aliphatic rings. The van der Waals surface area contributed by atoms with Crippen molar-refractivity contribution in [2.45, 2.75) is 32.7 Å². The van der Waals surface area contributed by atoms with Crippen molar-refractivity contribution in [2.24, 2.45) is 0 Å². The van der Waals surface area contributed by atoms with Gasteiger partial charge in [0.2, 0.25) is 5.91 Å². The van der Waals surface area contributed by atoms with Gasteiger partial charge in [-0.15, -0.1) is 0 Å². The van der Waals surface area contributed by atoms with E-state index in [4.69, 9.17) is 0 Å². The Balaban J connectivity index is 1.84. The lowest BCUT2D eigenvalue weighted by molar-refractivity contribution is -0.116. The maximum Gasteiger partial charge on any atom is 0.257 e. The molecule has 2 aromatic rings. The zero-order valence-corrected chi connectivity index (χ0v) is 17.9. The molecule has 2 amide bonds. The van der Waals surface area contributed by atoms with Crippen molar-refractivity contribution >= 4 is 23.3 Å². The van der Waals surface area contributed by atoms with Crippen LogP contribution in [0.4, 0.5) is 11.5 Å². The Labute approximate surface area is 178 Å². The van der Waals surface area contributed by atoms with Crippen LogP contribution in [0.5, 0.6) is 0 Å². The number of carbonyl (C=O) groups excluding carboxylic acids is 2. The normalized spacial score (nSPS) is 13.7. The monoisotopic (exact) mass is 409 g/mol. The molecule has 1 aliphatic heterocycles. The van der Waals surface area contributed by atoms with Crippen LogP contribution in [0.25, 0.3) is 0 Å². The Morgan fingerprint density at radius 1 is 1.20 bits per heavy atom. The number of piperazine rings is 1. The number of carbonyl (C=O) groups is 2. The molecule has 2 heterocycles. The number of hydrogen-bond donors (Lipinski definition) is 2. The average Bonchev–Trinajstić information content (AvgIpc) is 2.78. The number of hydrogen-bond acceptors (Lipinski definition) is 5. The number of rotatable bonds is 8. The quantitative estimate of drug-likeness (QED) is 0.701. The second-order valence-corrected chi connectivity index (χ2v) is 7.63. The molecule has 160 valence electrons. The van der Waals surface area contributed by atoms with Crippen molar-refractivity contribution in [3.8, 4) is 0 Å². The van der Waals surface area contributed by atoms with Gasteiger partial charge < -0.3 is 20.4 Å². The van der Waals surface area contributed by atoms with E-state index in [1.807, 2.05) is 30.3 Å². The molecule has 0 aliphatic carbocycles. The van der Waals surface area contributed by atoms with Crippen LogP contribution in [0.2, 0.25) is 0 Å². The third-order valence-corrected chi connectivity index (χ3v) is 5.16. The average molecular weight is 410 g/mol. The summed E-state index contributed by atoms with van der Waals surface area (Å²) in [6.45, 7) is 5.84. The highest BCUT2D eigenvalue weighted by Gasteiger charge is 2.23. The zero-order valence-electron chi connectivity index (χ0n) is 17.9. The van der Waals surface area contributed by atoms with Gasteiger partial charge in [-0.2, -0.15) is 0 Å². The van der Waals surface area contributed by atoms with E-state index in [1.54, 1.807) is 24.2 Å². The summed E-state index contributed by atoms with van der Waals surface area (Å²) >= 11 is 0. The number of benzene rings is 1. The van der Waals surface area contributed by atoms with Crippen LogP contribution in [-0.4, -0.2) is 54.9 Å². The Morgan fingerprint density at radius 2 is 1.93 bits per heavy atom. The summed E-state index contributed by atoms with van der Waals surface area (Å²) in [6, 6.07) is 11.7. The first-order chi connectivity index (χ1) is 14.6. The van der Waals surface area contributed by atoms with Crippen LogP contribution in [0.1, 0.15) is 42.1 Å². The summed E-state index contributed by atoms with van der Waals surface area (Å²) < 4.78 is 0. The highest BCUT2D eigenvalue weighted by atomic mass is 16.2. The van der Waals surface area contributed by atoms with Gasteiger partial charge in [0.25, 0.3) is 5.91 Å². The lowest BCUT2D eigenvalue weighted by atomic mass is 10.1. The van der Waals surface area contributed by atoms with Gasteiger partial charge in [0.15, 0.2) is 0 Å². The molecule has 3 rings (SSSR count). The molecule has 7 heteroatoms. The predicted octanol–water partition coefficient (Wildman–Crippen LogP) is 2.89. The van der Waals surface area contributed by atoms with Crippen molar-refractivity contribution in [1.82, 2.24) is 15.2 Å². The Bertz CT molecular complexity index is 850. The van der Waals surface area contributed by atoms with E-state index in [0.29, 0.717) is 30.0 Å². The second kappa shape index (κ2) is 10.7. The highest BCUT2D eigenvalue weighted by Crippen LogP contribution is 2.24. The minimum absolute atomic E-state index is 0.0513. The van der Waals surface area contributed by atoms with Crippen molar-refractivity contribution in [3.63, 3.8) is 0 Å². The van der Waals surface area contributed by atoms with E-state index in [-0.39, 0.29) is 11.8 Å². The van der Waals surface area contributed by atoms with Gasteiger partial charge in [-0.1, -0.05) is 43.7 Å². The first kappa shape index (κ1) is 21.8. The minimum atomic E-state index is -0.107. The second-order valence-electron chi connectivity index (χ2n) is 7.63. The SMILES string of the molecule is CCCCC(=O)Nc1cnc(N2CCNCC2)c(C(=O)N(C)Cc2ccccc2)c1. The lowest BCUT2D eigenvalue weighted by Crippen LogP contribution is -2.44. The number of pyridine rings is 1. The first-order valence-electron chi connectivity index (χ1n) is 10.6. The van der Waals surface area contributed by atoms with Gasteiger partial charge in [0.05, 0.1) is 17.4 Å². The molecule has 0 saturated carbocycles. The van der Waals surface area contributed by atoms with Gasteiger partial charge in [-0.3, -0.25) is 9.59 Å². The zero-order chi connectivity index (χ0) is 21.3. The molecule has 30 heavy (non-hydrogen) atoms. The Hall–Kier alpha value is -2.93. The molecule has 0 spiro atoms. The smallest absolute Gasteiger partial charge is 0.257 e. The Kier molecular flexibility index (Phi) is 7.79. The van der Waals surface area contributed by atoms with E-state index in [1.165, 1.54) is 0 Å². The molecule has 0 atom stereocenters. The molecule has 1 aromatic carbocycles. The molecule has 1 fully saturated rings. The third-order valence-electron chi connectivity index (χ3n) is 5.16. The van der Waals surface area contributed by atoms with Crippen LogP contribution in [0, 0.1) is 0 Å². The van der Waals surface area contributed by atoms with Crippen LogP contribution < -0.4 is 15.5 Å². The van der Waals surface area contributed by atoms with Gasteiger partial charge in [-0.05, 0) is 18.1 Å². The summed E-state index contributed by atoms with van der Waals surface area (Å²) in [7, 11) is 1.80. The van der Waals surface area contributed by atoms with Crippen LogP contribution >= 0.6 is 0 Å². The lowest BCUT2D eigenvalue weighted by Gasteiger charge is -2.30. The fraction of sp³-hybridized carbons (Fsp3) is 0.435. The highest BCUT2D eigenvalue weighted by molar-refractivity contribution is 6.01. The molecular weight excluding hydrogens is 378 g/mol. The standard InChI is InChI=1S/C23H31N5O2/c1-3-4-10-21(29)26-19-15-20(22(25-16-19)28-13-11-24-12-14-28)23(30)27(2)17-18-8-6-5-7-9-18/h5-9,15-16,24H,3-4,10-14,17H2,1-2H3,(H,26,29). The van der Waals surface area contributed by atoms with Crippen LogP contribution in [-0.2, 0) is 11.3 Å². The number of amides is 2. The maximum atomic E-state index is 13.4. The summed E-state index contributed by atoms with van der Waals surface area (Å²) in [4.78, 5) is 33.9. The molecule has 1 saturated heterocycles. The number of unbranched alkanes of at least 4 members (excludes halogenated alkanes) is 1. The number of aromatic nitrogens is 1. The van der Waals surface area contributed by atoms with Crippen LogP contribution in [0.15, 0.2) is 42.6 Å². The fourth-order valence-electron chi connectivity index (χ4n) is 3.51. The minimum Gasteiger partial charge on any atom is -0.353 e. The van der Waals surface area contributed by atoms with Crippen molar-refractivity contribution in [1.29, 1.82) is 0 Å². The van der Waals surface area contributed by atoms with Gasteiger partial charge in [0, 0.05) is 46.2 Å². The molecular formula is C23H31N5O2. The fourth-order valence-corrected chi connectivity index (χ4v) is 3.51. The molecule has 7 nitrogen and oxygen atoms in total. The molecule has 1 aromatic heterocycles. The van der Waals surface area contributed by atoms with Gasteiger partial charge in [0.1, 0.15) is 5.82 Å². The largest absolute Gasteiger partial charge is 0.353 e. The predicted molar refractivity (Wildman–Crippen MR) is 120 cm³/mol. The topological polar surface area (TPSA) is 77.6 Å². The van der Waals surface area contributed by atoms with E-state index in [2.05, 4.69) is 27.4 Å². The summed E-state index contributed by atoms with van der Waals surface area (Å²) in [6.07, 6.45) is 3.91. The van der Waals surface area contributed by atoms with Crippen LogP contribution in [0.3, 0.4) is 0 Å². The summed E-state index contributed by atoms with van der Waals surface area (Å²) in [5, 5.41) is 6.21. The Morgan fingerprint density at radius 3 is 2.63 bits per heavy atom. The van der Waals surface area contributed by atoms with E-state index < -0.39 is 0 Å². The van der Waals surface area contributed by atoms with Crippen molar-refractivity contribution < 1.29 is 9.59 Å². The van der Waals surface area contributed by atoms with E-state index >= 15 is 0 Å². The number of nitrogens with one attached hydrogen (secondary N) is 2. The first-order valence-corrected chi connectivity index (χ1v) is 10.6. The molecule has 0 radical (unpaired) electrons. The van der Waals surface area contributed by atoms with E-state index in [0.717, 1.165) is 44.6 Å². The van der Waals surface area contributed by atoms with Gasteiger partial charge >= 0.3 is 0 Å². The van der Waals surface area contributed by atoms with E-state index in [9.17, 15) is 9.59 Å². The van der Waals surface area contributed by atoms with Crippen molar-refractivity contribution in [2.75, 3.05) is 43.4 Å². The third kappa shape index (κ3) is 5.79. The number of anilines is 2. The summed E-state index contributed by atoms with van der Waals surface area (Å²) in [5.74, 6) is 0.516. The molecule has 0 bridgehead atoms. The maximum absolute atomic E-state index is 13.4. The molecule has 2 N–H and O–H groups in total. The summed E-state index contributed by atoms with van der Waals surface area (Å²) in [5.41, 5.74) is 2.14. The number of nitrogens with zero attached hydrogens (tertiary/aromatic N) is 3. The van der Waals surface area contributed by atoms with Gasteiger partial charge in [-0.25, -0.2) is 4.98 Å². The van der Waals surface area contributed by atoms with Crippen molar-refractivity contribution in [3.05, 3.63) is 53.7 Å². The molecule has 0 unspecified atom stereocenters.